The van der Waals surface area contributed by atoms with Crippen LogP contribution in [0.5, 0.6) is 0 Å². The number of nitrogens with one attached hydrogen (secondary N) is 1. The summed E-state index contributed by atoms with van der Waals surface area (Å²) in [7, 11) is 0. The number of furan rings is 1. The van der Waals surface area contributed by atoms with Gasteiger partial charge in [0.1, 0.15) is 17.1 Å². The highest BCUT2D eigenvalue weighted by Crippen LogP contribution is 2.34. The second-order valence-corrected chi connectivity index (χ2v) is 5.24. The molecule has 2 rings (SSSR count). The molecule has 0 aliphatic carbocycles. The van der Waals surface area contributed by atoms with E-state index in [2.05, 4.69) is 10.4 Å². The highest BCUT2D eigenvalue weighted by atomic mass is 35.5. The molecule has 2 aromatic rings. The third-order valence-corrected chi connectivity index (χ3v) is 3.48. The van der Waals surface area contributed by atoms with Crippen molar-refractivity contribution in [3.05, 3.63) is 40.1 Å². The van der Waals surface area contributed by atoms with E-state index in [4.69, 9.17) is 16.0 Å². The lowest BCUT2D eigenvalue weighted by Crippen LogP contribution is -2.23. The van der Waals surface area contributed by atoms with Gasteiger partial charge in [-0.3, -0.25) is 9.48 Å². The molecule has 132 valence electrons. The number of aromatic nitrogens is 2. The second kappa shape index (κ2) is 7.69. The largest absolute Gasteiger partial charge is 0.454 e. The van der Waals surface area contributed by atoms with Crippen molar-refractivity contribution < 1.29 is 26.8 Å². The highest BCUT2D eigenvalue weighted by molar-refractivity contribution is 6.32. The molecule has 0 spiro atoms. The Morgan fingerprint density at radius 1 is 1.33 bits per heavy atom. The number of carbonyl (C=O) groups is 1. The fraction of sp³-hybridized carbons (Fsp3) is 0.429. The van der Waals surface area contributed by atoms with Gasteiger partial charge in [-0.2, -0.15) is 5.10 Å². The van der Waals surface area contributed by atoms with Crippen LogP contribution in [0.3, 0.4) is 0 Å². The van der Waals surface area contributed by atoms with Crippen LogP contribution in [0.25, 0.3) is 0 Å². The normalized spacial score (nSPS) is 11.5. The van der Waals surface area contributed by atoms with Gasteiger partial charge in [-0.25, -0.2) is 17.6 Å². The number of alkyl halides is 4. The summed E-state index contributed by atoms with van der Waals surface area (Å²) in [5.74, 6) is -0.355. The number of rotatable bonds is 7. The average molecular weight is 368 g/mol. The van der Waals surface area contributed by atoms with Crippen LogP contribution < -0.4 is 5.32 Å². The maximum Gasteiger partial charge on any atom is 0.286 e. The van der Waals surface area contributed by atoms with Gasteiger partial charge in [0.05, 0.1) is 11.6 Å². The predicted molar refractivity (Wildman–Crippen MR) is 77.6 cm³/mol. The Morgan fingerprint density at radius 2 is 2.04 bits per heavy atom. The molecule has 5 nitrogen and oxygen atoms in total. The minimum absolute atomic E-state index is 0.00983. The van der Waals surface area contributed by atoms with Gasteiger partial charge in [0.15, 0.2) is 5.76 Å². The molecule has 0 unspecified atom stereocenters. The van der Waals surface area contributed by atoms with Gasteiger partial charge < -0.3 is 9.73 Å². The summed E-state index contributed by atoms with van der Waals surface area (Å²) in [5.41, 5.74) is -1.74. The van der Waals surface area contributed by atoms with Crippen LogP contribution >= 0.6 is 11.6 Å². The predicted octanol–water partition coefficient (Wildman–Crippen LogP) is 4.19. The number of hydrogen-bond acceptors (Lipinski definition) is 3. The highest BCUT2D eigenvalue weighted by Gasteiger charge is 2.28. The van der Waals surface area contributed by atoms with E-state index in [-0.39, 0.29) is 18.1 Å². The summed E-state index contributed by atoms with van der Waals surface area (Å²) in [6, 6.07) is 2.75. The van der Waals surface area contributed by atoms with Crippen molar-refractivity contribution in [3.63, 3.8) is 0 Å². The Morgan fingerprint density at radius 3 is 2.62 bits per heavy atom. The maximum absolute atomic E-state index is 13.1. The van der Waals surface area contributed by atoms with Crippen molar-refractivity contribution >= 4 is 17.5 Å². The number of hydrogen-bond donors (Lipinski definition) is 1. The maximum atomic E-state index is 13.1. The van der Waals surface area contributed by atoms with Crippen molar-refractivity contribution in [2.75, 3.05) is 6.54 Å². The molecule has 0 aliphatic rings. The molecule has 0 aromatic carbocycles. The van der Waals surface area contributed by atoms with Crippen LogP contribution in [0.1, 0.15) is 53.9 Å². The standard InChI is InChI=1S/C14H14ClF4N3O2/c1-2-5-20-14(23)8-4-3-7(24-8)6-22-11(13(18)19)9(15)10(21-22)12(16)17/h3-4,12-13H,2,5-6H2,1H3,(H,20,23). The summed E-state index contributed by atoms with van der Waals surface area (Å²) in [5, 5.41) is 5.24. The molecule has 0 radical (unpaired) electrons. The van der Waals surface area contributed by atoms with E-state index < -0.39 is 35.2 Å². The number of nitrogens with zero attached hydrogens (tertiary/aromatic N) is 2. The molecule has 2 aromatic heterocycles. The van der Waals surface area contributed by atoms with Gasteiger partial charge >= 0.3 is 0 Å². The van der Waals surface area contributed by atoms with Crippen LogP contribution in [0.4, 0.5) is 17.6 Å². The molecule has 10 heteroatoms. The Hall–Kier alpha value is -2.03. The molecule has 0 saturated carbocycles. The van der Waals surface area contributed by atoms with E-state index in [1.54, 1.807) is 0 Å². The summed E-state index contributed by atoms with van der Waals surface area (Å²) < 4.78 is 57.5. The van der Waals surface area contributed by atoms with E-state index in [0.29, 0.717) is 11.2 Å². The zero-order valence-corrected chi connectivity index (χ0v) is 13.3. The first-order chi connectivity index (χ1) is 11.3. The third-order valence-electron chi connectivity index (χ3n) is 3.10. The second-order valence-electron chi connectivity index (χ2n) is 4.87. The quantitative estimate of drug-likeness (QED) is 0.746. The topological polar surface area (TPSA) is 60.1 Å². The van der Waals surface area contributed by atoms with Gasteiger partial charge in [0.2, 0.25) is 0 Å². The van der Waals surface area contributed by atoms with E-state index in [9.17, 15) is 22.4 Å². The third kappa shape index (κ3) is 3.89. The molecule has 2 heterocycles. The Kier molecular flexibility index (Phi) is 5.87. The van der Waals surface area contributed by atoms with Crippen LogP contribution in [0, 0.1) is 0 Å². The first-order valence-electron chi connectivity index (χ1n) is 7.04. The molecular weight excluding hydrogens is 354 g/mol. The van der Waals surface area contributed by atoms with Crippen molar-refractivity contribution in [3.8, 4) is 0 Å². The summed E-state index contributed by atoms with van der Waals surface area (Å²) in [4.78, 5) is 11.7. The molecule has 1 amide bonds. The molecule has 0 aliphatic heterocycles. The minimum Gasteiger partial charge on any atom is -0.454 e. The molecule has 1 N–H and O–H groups in total. The van der Waals surface area contributed by atoms with Crippen molar-refractivity contribution in [2.24, 2.45) is 0 Å². The molecule has 0 fully saturated rings. The first kappa shape index (κ1) is 18.3. The lowest BCUT2D eigenvalue weighted by atomic mass is 10.3. The van der Waals surface area contributed by atoms with Crippen molar-refractivity contribution in [1.29, 1.82) is 0 Å². The Balaban J connectivity index is 2.24. The van der Waals surface area contributed by atoms with E-state index in [0.717, 1.165) is 6.42 Å². The van der Waals surface area contributed by atoms with E-state index in [1.807, 2.05) is 6.92 Å². The van der Waals surface area contributed by atoms with E-state index in [1.165, 1.54) is 12.1 Å². The fourth-order valence-electron chi connectivity index (χ4n) is 2.00. The minimum atomic E-state index is -3.08. The summed E-state index contributed by atoms with van der Waals surface area (Å²) in [6.07, 6.45) is -5.43. The van der Waals surface area contributed by atoms with Gasteiger partial charge in [-0.05, 0) is 18.6 Å². The monoisotopic (exact) mass is 367 g/mol. The number of amides is 1. The lowest BCUT2D eigenvalue weighted by Gasteiger charge is -2.05. The molecule has 24 heavy (non-hydrogen) atoms. The lowest BCUT2D eigenvalue weighted by molar-refractivity contribution is 0.0923. The Bertz CT molecular complexity index is 715. The van der Waals surface area contributed by atoms with Crippen molar-refractivity contribution in [2.45, 2.75) is 32.7 Å². The Labute approximate surface area is 139 Å². The molecule has 0 atom stereocenters. The van der Waals surface area contributed by atoms with Gasteiger partial charge in [-0.1, -0.05) is 18.5 Å². The van der Waals surface area contributed by atoms with Gasteiger partial charge in [-0.15, -0.1) is 0 Å². The SMILES string of the molecule is CCCNC(=O)c1ccc(Cn2nc(C(F)F)c(Cl)c2C(F)F)o1. The van der Waals surface area contributed by atoms with Crippen LogP contribution in [0.15, 0.2) is 16.5 Å². The molecule has 0 bridgehead atoms. The molecular formula is C14H14ClF4N3O2. The van der Waals surface area contributed by atoms with Crippen LogP contribution in [0.2, 0.25) is 5.02 Å². The van der Waals surface area contributed by atoms with Crippen molar-refractivity contribution in [1.82, 2.24) is 15.1 Å². The molecule has 0 saturated heterocycles. The summed E-state index contributed by atoms with van der Waals surface area (Å²) >= 11 is 5.56. The van der Waals surface area contributed by atoms with E-state index >= 15 is 0 Å². The zero-order valence-electron chi connectivity index (χ0n) is 12.5. The van der Waals surface area contributed by atoms with Gasteiger partial charge in [0, 0.05) is 6.54 Å². The summed E-state index contributed by atoms with van der Waals surface area (Å²) in [6.45, 7) is 1.98. The average Bonchev–Trinajstić information content (AvgIpc) is 3.10. The van der Waals surface area contributed by atoms with Gasteiger partial charge in [0.25, 0.3) is 18.8 Å². The van der Waals surface area contributed by atoms with Crippen LogP contribution in [-0.2, 0) is 6.54 Å². The first-order valence-corrected chi connectivity index (χ1v) is 7.42. The zero-order chi connectivity index (χ0) is 17.9. The fourth-order valence-corrected chi connectivity index (χ4v) is 2.30. The van der Waals surface area contributed by atoms with Crippen LogP contribution in [-0.4, -0.2) is 22.2 Å². The smallest absolute Gasteiger partial charge is 0.286 e. The number of carbonyl (C=O) groups excluding carboxylic acids is 1. The number of halogens is 5.